The first kappa shape index (κ1) is 26.7. The van der Waals surface area contributed by atoms with Crippen molar-refractivity contribution >= 4 is 11.9 Å². The average molecular weight is 515 g/mol. The molecule has 2 aromatic carbocycles. The van der Waals surface area contributed by atoms with E-state index in [0.29, 0.717) is 24.3 Å². The summed E-state index contributed by atoms with van der Waals surface area (Å²) in [5.74, 6) is -2.71. The van der Waals surface area contributed by atoms with Gasteiger partial charge in [-0.1, -0.05) is 6.42 Å². The lowest BCUT2D eigenvalue weighted by molar-refractivity contribution is 0.0691. The van der Waals surface area contributed by atoms with E-state index in [4.69, 9.17) is 14.2 Å². The Hall–Kier alpha value is -3.34. The van der Waals surface area contributed by atoms with E-state index >= 15 is 0 Å². The summed E-state index contributed by atoms with van der Waals surface area (Å²) in [6, 6.07) is 1.48. The summed E-state index contributed by atoms with van der Waals surface area (Å²) in [6.07, 6.45) is 3.65. The largest absolute Gasteiger partial charge is 0.507 e. The van der Waals surface area contributed by atoms with Gasteiger partial charge >= 0.3 is 11.9 Å². The third-order valence-corrected chi connectivity index (χ3v) is 6.90. The normalized spacial score (nSPS) is 15.4. The molecule has 2 heterocycles. The van der Waals surface area contributed by atoms with E-state index < -0.39 is 17.7 Å². The maximum absolute atomic E-state index is 13.3. The van der Waals surface area contributed by atoms with Crippen molar-refractivity contribution in [1.82, 2.24) is 10.2 Å². The molecule has 0 unspecified atom stereocenters. The van der Waals surface area contributed by atoms with E-state index in [1.54, 1.807) is 13.8 Å². The third-order valence-electron chi connectivity index (χ3n) is 6.90. The van der Waals surface area contributed by atoms with E-state index in [1.165, 1.54) is 32.3 Å². The molecule has 10 nitrogen and oxygen atoms in total. The molecule has 0 saturated carbocycles. The molecule has 4 rings (SSSR count). The number of esters is 1. The number of rotatable bonds is 9. The van der Waals surface area contributed by atoms with Gasteiger partial charge in [0.1, 0.15) is 22.6 Å². The highest BCUT2D eigenvalue weighted by Crippen LogP contribution is 2.50. The van der Waals surface area contributed by atoms with Gasteiger partial charge in [-0.2, -0.15) is 0 Å². The molecule has 200 valence electrons. The number of carbonyl (C=O) groups excluding carboxylic acids is 1. The van der Waals surface area contributed by atoms with Gasteiger partial charge in [0.25, 0.3) is 0 Å². The number of hydrogen-bond acceptors (Lipinski definition) is 9. The smallest absolute Gasteiger partial charge is 0.347 e. The van der Waals surface area contributed by atoms with Crippen molar-refractivity contribution in [3.05, 3.63) is 39.4 Å². The van der Waals surface area contributed by atoms with Gasteiger partial charge in [0, 0.05) is 31.8 Å². The molecule has 0 aromatic heterocycles. The van der Waals surface area contributed by atoms with Gasteiger partial charge in [-0.15, -0.1) is 0 Å². The Morgan fingerprint density at radius 2 is 1.81 bits per heavy atom. The van der Waals surface area contributed by atoms with Crippen molar-refractivity contribution in [3.8, 4) is 28.7 Å². The Morgan fingerprint density at radius 1 is 1.08 bits per heavy atom. The SMILES string of the molecule is CCOCc1c(O)c(C(=O)O)c(C)c2c1OC(=O)c1c(C)cc(O)c(CNCCN3CCCCC3)c1O2. The van der Waals surface area contributed by atoms with E-state index in [-0.39, 0.29) is 58.4 Å². The highest BCUT2D eigenvalue weighted by molar-refractivity contribution is 6.00. The number of carboxylic acids is 1. The molecule has 0 aliphatic carbocycles. The number of piperidine rings is 1. The number of benzene rings is 2. The van der Waals surface area contributed by atoms with Crippen molar-refractivity contribution in [1.29, 1.82) is 0 Å². The Balaban J connectivity index is 1.73. The number of carboxylic acid groups (broad SMARTS) is 1. The number of aryl methyl sites for hydroxylation is 1. The summed E-state index contributed by atoms with van der Waals surface area (Å²) < 4.78 is 17.3. The summed E-state index contributed by atoms with van der Waals surface area (Å²) in [5.41, 5.74) is 0.648. The Kier molecular flexibility index (Phi) is 8.21. The van der Waals surface area contributed by atoms with Crippen LogP contribution in [0.5, 0.6) is 28.7 Å². The van der Waals surface area contributed by atoms with Crippen LogP contribution >= 0.6 is 0 Å². The van der Waals surface area contributed by atoms with Crippen LogP contribution in [0.3, 0.4) is 0 Å². The number of nitrogens with one attached hydrogen (secondary N) is 1. The number of aromatic carboxylic acids is 1. The Bertz CT molecular complexity index is 1200. The molecule has 0 bridgehead atoms. The van der Waals surface area contributed by atoms with Crippen molar-refractivity contribution in [2.24, 2.45) is 0 Å². The molecule has 0 spiro atoms. The van der Waals surface area contributed by atoms with Crippen LogP contribution in [-0.4, -0.2) is 64.9 Å². The van der Waals surface area contributed by atoms with Gasteiger partial charge < -0.3 is 39.7 Å². The molecule has 2 aliphatic heterocycles. The zero-order chi connectivity index (χ0) is 26.7. The molecule has 0 radical (unpaired) electrons. The first-order valence-corrected chi connectivity index (χ1v) is 12.6. The lowest BCUT2D eigenvalue weighted by atomic mass is 10.00. The number of phenols is 2. The highest BCUT2D eigenvalue weighted by Gasteiger charge is 2.35. The topological polar surface area (TPSA) is 138 Å². The molecule has 0 atom stereocenters. The summed E-state index contributed by atoms with van der Waals surface area (Å²) in [6.45, 7) is 8.88. The first-order chi connectivity index (χ1) is 17.7. The third kappa shape index (κ3) is 5.36. The highest BCUT2D eigenvalue weighted by atomic mass is 16.6. The molecular formula is C27H34N2O8. The fraction of sp³-hybridized carbons (Fsp3) is 0.481. The van der Waals surface area contributed by atoms with Gasteiger partial charge in [-0.25, -0.2) is 9.59 Å². The lowest BCUT2D eigenvalue weighted by Gasteiger charge is -2.26. The maximum Gasteiger partial charge on any atom is 0.347 e. The second kappa shape index (κ2) is 11.4. The van der Waals surface area contributed by atoms with Crippen LogP contribution in [0.1, 0.15) is 69.2 Å². The standard InChI is InChI=1S/C27H34N2O8/c1-4-35-14-18-22(31)21(26(32)33)16(3)23-25(18)37-27(34)20-15(2)12-19(30)17(24(20)36-23)13-28-8-11-29-9-6-5-7-10-29/h12,28,30-31H,4-11,13-14H2,1-3H3,(H,32,33). The molecule has 37 heavy (non-hydrogen) atoms. The van der Waals surface area contributed by atoms with Gasteiger partial charge in [-0.05, 0) is 58.3 Å². The minimum absolute atomic E-state index is 0.00378. The molecular weight excluding hydrogens is 480 g/mol. The minimum atomic E-state index is -1.36. The maximum atomic E-state index is 13.3. The molecule has 0 amide bonds. The number of carbonyl (C=O) groups is 2. The van der Waals surface area contributed by atoms with Crippen molar-refractivity contribution in [3.63, 3.8) is 0 Å². The predicted octanol–water partition coefficient (Wildman–Crippen LogP) is 3.85. The fourth-order valence-corrected chi connectivity index (χ4v) is 4.91. The number of phenolic OH excluding ortho intramolecular Hbond substituents is 1. The summed E-state index contributed by atoms with van der Waals surface area (Å²) >= 11 is 0. The van der Waals surface area contributed by atoms with Crippen LogP contribution in [0.15, 0.2) is 6.07 Å². The van der Waals surface area contributed by atoms with Crippen LogP contribution < -0.4 is 14.8 Å². The molecule has 1 fully saturated rings. The number of ether oxygens (including phenoxy) is 3. The number of aromatic hydroxyl groups is 2. The number of likely N-dealkylation sites (tertiary alicyclic amines) is 1. The van der Waals surface area contributed by atoms with Crippen LogP contribution in [0.4, 0.5) is 0 Å². The van der Waals surface area contributed by atoms with E-state index in [2.05, 4.69) is 10.2 Å². The van der Waals surface area contributed by atoms with Crippen LogP contribution in [0, 0.1) is 13.8 Å². The lowest BCUT2D eigenvalue weighted by Crippen LogP contribution is -2.35. The van der Waals surface area contributed by atoms with Crippen molar-refractivity contribution in [2.45, 2.75) is 53.2 Å². The number of hydrogen-bond donors (Lipinski definition) is 4. The average Bonchev–Trinajstić information content (AvgIpc) is 3.00. The van der Waals surface area contributed by atoms with Gasteiger partial charge in [0.2, 0.25) is 0 Å². The van der Waals surface area contributed by atoms with E-state index in [1.807, 2.05) is 0 Å². The number of nitrogens with zero attached hydrogens (tertiary/aromatic N) is 1. The van der Waals surface area contributed by atoms with Crippen LogP contribution in [0.25, 0.3) is 0 Å². The Labute approximate surface area is 215 Å². The van der Waals surface area contributed by atoms with Crippen molar-refractivity contribution < 1.29 is 39.1 Å². The van der Waals surface area contributed by atoms with Crippen molar-refractivity contribution in [2.75, 3.05) is 32.8 Å². The fourth-order valence-electron chi connectivity index (χ4n) is 4.91. The second-order valence-corrected chi connectivity index (χ2v) is 9.39. The van der Waals surface area contributed by atoms with Crippen LogP contribution in [0.2, 0.25) is 0 Å². The second-order valence-electron chi connectivity index (χ2n) is 9.39. The Morgan fingerprint density at radius 3 is 2.49 bits per heavy atom. The van der Waals surface area contributed by atoms with Gasteiger partial charge in [0.15, 0.2) is 17.2 Å². The molecule has 10 heteroatoms. The van der Waals surface area contributed by atoms with Crippen LogP contribution in [-0.2, 0) is 17.9 Å². The van der Waals surface area contributed by atoms with E-state index in [0.717, 1.165) is 19.6 Å². The molecule has 2 aliphatic rings. The molecule has 1 saturated heterocycles. The molecule has 4 N–H and O–H groups in total. The minimum Gasteiger partial charge on any atom is -0.507 e. The van der Waals surface area contributed by atoms with E-state index in [9.17, 15) is 24.9 Å². The number of fused-ring (bicyclic) bond motifs is 2. The summed E-state index contributed by atoms with van der Waals surface area (Å²) in [5, 5.41) is 34.7. The quantitative estimate of drug-likeness (QED) is 0.222. The summed E-state index contributed by atoms with van der Waals surface area (Å²) in [7, 11) is 0. The zero-order valence-corrected chi connectivity index (χ0v) is 21.5. The van der Waals surface area contributed by atoms with Gasteiger partial charge in [-0.3, -0.25) is 0 Å². The zero-order valence-electron chi connectivity index (χ0n) is 21.5. The van der Waals surface area contributed by atoms with Gasteiger partial charge in [0.05, 0.1) is 17.7 Å². The first-order valence-electron chi connectivity index (χ1n) is 12.6. The summed E-state index contributed by atoms with van der Waals surface area (Å²) in [4.78, 5) is 27.7. The predicted molar refractivity (Wildman–Crippen MR) is 135 cm³/mol. The monoisotopic (exact) mass is 514 g/mol. The molecule has 2 aromatic rings.